The van der Waals surface area contributed by atoms with E-state index in [-0.39, 0.29) is 5.91 Å². The van der Waals surface area contributed by atoms with Gasteiger partial charge < -0.3 is 15.8 Å². The van der Waals surface area contributed by atoms with Crippen LogP contribution in [0.1, 0.15) is 47.7 Å². The Morgan fingerprint density at radius 3 is 2.33 bits per heavy atom. The Morgan fingerprint density at radius 2 is 1.86 bits per heavy atom. The summed E-state index contributed by atoms with van der Waals surface area (Å²) in [6.07, 6.45) is 2.37. The molecule has 116 valence electrons. The first kappa shape index (κ1) is 17.0. The summed E-state index contributed by atoms with van der Waals surface area (Å²) in [7, 11) is 1.32. The maximum absolute atomic E-state index is 12.3. The number of ether oxygens (including phenoxy) is 1. The normalized spacial score (nSPS) is 11.8. The molecular weight excluding hydrogens is 268 g/mol. The van der Waals surface area contributed by atoms with Crippen LogP contribution in [0.4, 0.5) is 5.69 Å². The number of carbonyl (C=O) groups excluding carboxylic acids is 2. The van der Waals surface area contributed by atoms with E-state index >= 15 is 0 Å². The molecule has 0 saturated carbocycles. The molecule has 1 amide bonds. The number of hydrogen-bond acceptors (Lipinski definition) is 4. The van der Waals surface area contributed by atoms with Crippen LogP contribution in [0.3, 0.4) is 0 Å². The lowest BCUT2D eigenvalue weighted by Crippen LogP contribution is -2.41. The monoisotopic (exact) mass is 292 g/mol. The van der Waals surface area contributed by atoms with Gasteiger partial charge in [-0.25, -0.2) is 4.79 Å². The van der Waals surface area contributed by atoms with Gasteiger partial charge in [0.25, 0.3) is 5.91 Å². The highest BCUT2D eigenvalue weighted by Crippen LogP contribution is 2.18. The van der Waals surface area contributed by atoms with Gasteiger partial charge in [-0.15, -0.1) is 0 Å². The van der Waals surface area contributed by atoms with Crippen LogP contribution in [0.15, 0.2) is 12.1 Å². The van der Waals surface area contributed by atoms with E-state index in [1.54, 1.807) is 12.1 Å². The first-order valence-electron chi connectivity index (χ1n) is 7.16. The van der Waals surface area contributed by atoms with E-state index in [4.69, 9.17) is 10.5 Å². The molecule has 0 radical (unpaired) electrons. The number of nitrogen functional groups attached to an aromatic ring is 1. The Hall–Kier alpha value is -2.04. The van der Waals surface area contributed by atoms with Gasteiger partial charge in [0, 0.05) is 11.3 Å². The van der Waals surface area contributed by atoms with Crippen molar-refractivity contribution in [1.82, 2.24) is 5.32 Å². The lowest BCUT2D eigenvalue weighted by Gasteiger charge is -2.17. The third-order valence-electron chi connectivity index (χ3n) is 3.49. The van der Waals surface area contributed by atoms with Gasteiger partial charge in [0.15, 0.2) is 0 Å². The van der Waals surface area contributed by atoms with Crippen LogP contribution in [0.25, 0.3) is 0 Å². The van der Waals surface area contributed by atoms with Crippen molar-refractivity contribution < 1.29 is 14.3 Å². The molecular formula is C16H24N2O3. The lowest BCUT2D eigenvalue weighted by molar-refractivity contribution is -0.143. The number of carbonyl (C=O) groups is 2. The Balaban J connectivity index is 2.88. The summed E-state index contributed by atoms with van der Waals surface area (Å²) in [6, 6.07) is 2.85. The van der Waals surface area contributed by atoms with Crippen LogP contribution in [0.2, 0.25) is 0 Å². The van der Waals surface area contributed by atoms with Crippen LogP contribution >= 0.6 is 0 Å². The maximum Gasteiger partial charge on any atom is 0.328 e. The Bertz CT molecular complexity index is 503. The highest BCUT2D eigenvalue weighted by atomic mass is 16.5. The molecule has 1 rings (SSSR count). The molecule has 0 fully saturated rings. The predicted octanol–water partition coefficient (Wildman–Crippen LogP) is 2.35. The van der Waals surface area contributed by atoms with Crippen LogP contribution in [0.5, 0.6) is 0 Å². The molecule has 1 aromatic rings. The molecule has 0 heterocycles. The van der Waals surface area contributed by atoms with Gasteiger partial charge in [0.2, 0.25) is 0 Å². The highest BCUT2D eigenvalue weighted by molar-refractivity contribution is 5.97. The first-order chi connectivity index (χ1) is 9.90. The molecule has 0 aliphatic carbocycles. The first-order valence-corrected chi connectivity index (χ1v) is 7.16. The summed E-state index contributed by atoms with van der Waals surface area (Å²) in [5.41, 5.74) is 8.77. The molecule has 1 aromatic carbocycles. The van der Waals surface area contributed by atoms with Gasteiger partial charge in [0.05, 0.1) is 7.11 Å². The maximum atomic E-state index is 12.3. The number of nitrogens with two attached hydrogens (primary N) is 1. The zero-order valence-corrected chi connectivity index (χ0v) is 13.2. The van der Waals surface area contributed by atoms with Gasteiger partial charge in [-0.3, -0.25) is 4.79 Å². The largest absolute Gasteiger partial charge is 0.467 e. The SMILES string of the molecule is CCCCC(NC(=O)c1cc(C)c(N)c(C)c1)C(=O)OC. The topological polar surface area (TPSA) is 81.4 Å². The minimum atomic E-state index is -0.611. The molecule has 3 N–H and O–H groups in total. The van der Waals surface area contributed by atoms with Gasteiger partial charge in [0.1, 0.15) is 6.04 Å². The zero-order chi connectivity index (χ0) is 16.0. The van der Waals surface area contributed by atoms with Crippen molar-refractivity contribution in [2.24, 2.45) is 0 Å². The van der Waals surface area contributed by atoms with Crippen molar-refractivity contribution in [3.63, 3.8) is 0 Å². The van der Waals surface area contributed by atoms with Gasteiger partial charge >= 0.3 is 5.97 Å². The molecule has 0 bridgehead atoms. The van der Waals surface area contributed by atoms with E-state index in [2.05, 4.69) is 5.32 Å². The number of rotatable bonds is 6. The van der Waals surface area contributed by atoms with E-state index in [0.717, 1.165) is 24.0 Å². The molecule has 1 atom stereocenters. The zero-order valence-electron chi connectivity index (χ0n) is 13.2. The molecule has 1 unspecified atom stereocenters. The lowest BCUT2D eigenvalue weighted by atomic mass is 10.0. The third kappa shape index (κ3) is 4.48. The smallest absolute Gasteiger partial charge is 0.328 e. The molecule has 21 heavy (non-hydrogen) atoms. The average Bonchev–Trinajstić information content (AvgIpc) is 2.47. The highest BCUT2D eigenvalue weighted by Gasteiger charge is 2.21. The van der Waals surface area contributed by atoms with Crippen molar-refractivity contribution in [3.8, 4) is 0 Å². The number of esters is 1. The molecule has 5 heteroatoms. The summed E-state index contributed by atoms with van der Waals surface area (Å²) in [5, 5.41) is 2.74. The minimum absolute atomic E-state index is 0.285. The second-order valence-electron chi connectivity index (χ2n) is 5.22. The van der Waals surface area contributed by atoms with Crippen LogP contribution < -0.4 is 11.1 Å². The van der Waals surface area contributed by atoms with E-state index < -0.39 is 12.0 Å². The predicted molar refractivity (Wildman–Crippen MR) is 83.1 cm³/mol. The molecule has 5 nitrogen and oxygen atoms in total. The van der Waals surface area contributed by atoms with Crippen molar-refractivity contribution in [1.29, 1.82) is 0 Å². The van der Waals surface area contributed by atoms with E-state index in [1.165, 1.54) is 7.11 Å². The number of anilines is 1. The number of nitrogens with one attached hydrogen (secondary N) is 1. The van der Waals surface area contributed by atoms with E-state index in [9.17, 15) is 9.59 Å². The van der Waals surface area contributed by atoms with Crippen molar-refractivity contribution in [3.05, 3.63) is 28.8 Å². The van der Waals surface area contributed by atoms with Gasteiger partial charge in [-0.1, -0.05) is 19.8 Å². The summed E-state index contributed by atoms with van der Waals surface area (Å²) in [6.45, 7) is 5.74. The van der Waals surface area contributed by atoms with E-state index in [1.807, 2.05) is 20.8 Å². The number of unbranched alkanes of at least 4 members (excludes halogenated alkanes) is 1. The second-order valence-corrected chi connectivity index (χ2v) is 5.22. The Kier molecular flexibility index (Phi) is 6.21. The van der Waals surface area contributed by atoms with Crippen molar-refractivity contribution in [2.75, 3.05) is 12.8 Å². The number of amides is 1. The fourth-order valence-corrected chi connectivity index (χ4v) is 2.15. The second kappa shape index (κ2) is 7.67. The van der Waals surface area contributed by atoms with E-state index in [0.29, 0.717) is 17.7 Å². The summed E-state index contributed by atoms with van der Waals surface area (Å²) in [5.74, 6) is -0.701. The van der Waals surface area contributed by atoms with Gasteiger partial charge in [-0.2, -0.15) is 0 Å². The van der Waals surface area contributed by atoms with Crippen molar-refractivity contribution >= 4 is 17.6 Å². The summed E-state index contributed by atoms with van der Waals surface area (Å²) in [4.78, 5) is 24.0. The average molecular weight is 292 g/mol. The number of benzene rings is 1. The fourth-order valence-electron chi connectivity index (χ4n) is 2.15. The van der Waals surface area contributed by atoms with Gasteiger partial charge in [-0.05, 0) is 43.5 Å². The van der Waals surface area contributed by atoms with Crippen LogP contribution in [-0.4, -0.2) is 25.0 Å². The van der Waals surface area contributed by atoms with Crippen LogP contribution in [0, 0.1) is 13.8 Å². The number of hydrogen-bond donors (Lipinski definition) is 2. The molecule has 0 aromatic heterocycles. The molecule has 0 aliphatic rings. The minimum Gasteiger partial charge on any atom is -0.467 e. The Morgan fingerprint density at radius 1 is 1.29 bits per heavy atom. The number of aryl methyl sites for hydroxylation is 2. The standard InChI is InChI=1S/C16H24N2O3/c1-5-6-7-13(16(20)21-4)18-15(19)12-8-10(2)14(17)11(3)9-12/h8-9,13H,5-7,17H2,1-4H3,(H,18,19). The molecule has 0 aliphatic heterocycles. The quantitative estimate of drug-likeness (QED) is 0.623. The fraction of sp³-hybridized carbons (Fsp3) is 0.500. The van der Waals surface area contributed by atoms with Crippen LogP contribution in [-0.2, 0) is 9.53 Å². The third-order valence-corrected chi connectivity index (χ3v) is 3.49. The molecule has 0 spiro atoms. The van der Waals surface area contributed by atoms with Crippen molar-refractivity contribution in [2.45, 2.75) is 46.1 Å². The Labute approximate surface area is 125 Å². The number of methoxy groups -OCH3 is 1. The summed E-state index contributed by atoms with van der Waals surface area (Å²) < 4.78 is 4.74. The summed E-state index contributed by atoms with van der Waals surface area (Å²) >= 11 is 0. The molecule has 0 saturated heterocycles.